The van der Waals surface area contributed by atoms with Gasteiger partial charge in [-0.15, -0.1) is 0 Å². The number of carboxylic acids is 1. The van der Waals surface area contributed by atoms with Crippen molar-refractivity contribution in [3.8, 4) is 5.75 Å². The maximum atomic E-state index is 11.8. The molecule has 5 atom stereocenters. The summed E-state index contributed by atoms with van der Waals surface area (Å²) >= 11 is 12.2. The third-order valence-corrected chi connectivity index (χ3v) is 4.56. The number of ether oxygens (including phenoxy) is 2. The number of carbonyl (C=O) groups is 2. The molecule has 0 radical (unpaired) electrons. The fourth-order valence-corrected chi connectivity index (χ4v) is 2.99. The Balaban J connectivity index is 2.28. The van der Waals surface area contributed by atoms with E-state index in [-0.39, 0.29) is 27.8 Å². The predicted molar refractivity (Wildman–Crippen MR) is 95.9 cm³/mol. The molecule has 0 aliphatic carbocycles. The van der Waals surface area contributed by atoms with Crippen LogP contribution in [-0.2, 0) is 20.7 Å². The van der Waals surface area contributed by atoms with Crippen molar-refractivity contribution in [3.63, 3.8) is 0 Å². The number of aliphatic carboxylic acids is 1. The predicted octanol–water partition coefficient (Wildman–Crippen LogP) is -1.39. The highest BCUT2D eigenvalue weighted by Crippen LogP contribution is 2.36. The third kappa shape index (κ3) is 4.82. The SMILES string of the molecule is NC(N)=NC(=O)Cc1c(Cl)ccc(O[C@@H]2O[C@H](C(=O)O)[C@@H](O)[C@H](O)[C@H]2O)c1Cl. The van der Waals surface area contributed by atoms with Crippen molar-refractivity contribution in [1.82, 2.24) is 0 Å². The van der Waals surface area contributed by atoms with Gasteiger partial charge in [-0.3, -0.25) is 4.79 Å². The van der Waals surface area contributed by atoms with Gasteiger partial charge in [-0.25, -0.2) is 4.79 Å². The van der Waals surface area contributed by atoms with Gasteiger partial charge in [-0.1, -0.05) is 23.2 Å². The molecule has 1 aliphatic heterocycles. The lowest BCUT2D eigenvalue weighted by Gasteiger charge is -2.38. The number of nitrogens with zero attached hydrogens (tertiary/aromatic N) is 1. The molecule has 1 aromatic rings. The number of aliphatic imine (C=N–C) groups is 1. The number of guanidine groups is 1. The monoisotopic (exact) mass is 437 g/mol. The van der Waals surface area contributed by atoms with E-state index in [1.807, 2.05) is 0 Å². The Bertz CT molecular complexity index is 802. The Labute approximate surface area is 168 Å². The Hall–Kier alpha value is -2.15. The summed E-state index contributed by atoms with van der Waals surface area (Å²) in [6.45, 7) is 0. The van der Waals surface area contributed by atoms with Crippen LogP contribution in [0.1, 0.15) is 5.56 Å². The molecule has 154 valence electrons. The molecule has 1 aromatic carbocycles. The summed E-state index contributed by atoms with van der Waals surface area (Å²) in [6.07, 6.45) is -9.42. The second-order valence-corrected chi connectivity index (χ2v) is 6.58. The lowest BCUT2D eigenvalue weighted by Crippen LogP contribution is -2.61. The highest BCUT2D eigenvalue weighted by molar-refractivity contribution is 6.37. The van der Waals surface area contributed by atoms with E-state index in [4.69, 9.17) is 49.2 Å². The fourth-order valence-electron chi connectivity index (χ4n) is 2.44. The summed E-state index contributed by atoms with van der Waals surface area (Å²) < 4.78 is 10.4. The molecule has 28 heavy (non-hydrogen) atoms. The van der Waals surface area contributed by atoms with Gasteiger partial charge >= 0.3 is 5.97 Å². The molecular formula is C15H17Cl2N3O8. The number of aliphatic hydroxyl groups is 3. The summed E-state index contributed by atoms with van der Waals surface area (Å²) in [5.74, 6) is -2.89. The Morgan fingerprint density at radius 1 is 1.14 bits per heavy atom. The molecule has 0 bridgehead atoms. The van der Waals surface area contributed by atoms with E-state index in [2.05, 4.69) is 4.99 Å². The van der Waals surface area contributed by atoms with Crippen LogP contribution < -0.4 is 16.2 Å². The van der Waals surface area contributed by atoms with Gasteiger partial charge < -0.3 is 41.4 Å². The van der Waals surface area contributed by atoms with Crippen molar-refractivity contribution in [2.45, 2.75) is 37.1 Å². The number of hydrogen-bond acceptors (Lipinski definition) is 7. The van der Waals surface area contributed by atoms with Crippen molar-refractivity contribution in [3.05, 3.63) is 27.7 Å². The summed E-state index contributed by atoms with van der Waals surface area (Å²) in [6, 6.07) is 2.61. The molecule has 1 aliphatic rings. The van der Waals surface area contributed by atoms with E-state index in [9.17, 15) is 24.9 Å². The molecule has 1 amide bonds. The van der Waals surface area contributed by atoms with Crippen LogP contribution in [0.15, 0.2) is 17.1 Å². The molecule has 1 heterocycles. The minimum atomic E-state index is -1.87. The highest BCUT2D eigenvalue weighted by atomic mass is 35.5. The number of nitrogens with two attached hydrogens (primary N) is 2. The van der Waals surface area contributed by atoms with E-state index >= 15 is 0 Å². The molecule has 1 fully saturated rings. The molecule has 13 heteroatoms. The topological polar surface area (TPSA) is 198 Å². The summed E-state index contributed by atoms with van der Waals surface area (Å²) in [7, 11) is 0. The Morgan fingerprint density at radius 2 is 1.79 bits per heavy atom. The molecule has 0 unspecified atom stereocenters. The third-order valence-electron chi connectivity index (χ3n) is 3.79. The van der Waals surface area contributed by atoms with E-state index in [1.54, 1.807) is 0 Å². The average Bonchev–Trinajstić information content (AvgIpc) is 2.60. The quantitative estimate of drug-likeness (QED) is 0.235. The first-order valence-corrected chi connectivity index (χ1v) is 8.47. The van der Waals surface area contributed by atoms with Crippen molar-refractivity contribution >= 4 is 41.0 Å². The van der Waals surface area contributed by atoms with Crippen LogP contribution in [0.4, 0.5) is 0 Å². The second-order valence-electron chi connectivity index (χ2n) is 5.80. The zero-order valence-corrected chi connectivity index (χ0v) is 15.5. The van der Waals surface area contributed by atoms with Crippen molar-refractivity contribution in [2.24, 2.45) is 16.5 Å². The minimum Gasteiger partial charge on any atom is -0.479 e. The van der Waals surface area contributed by atoms with Gasteiger partial charge in [0.25, 0.3) is 5.91 Å². The lowest BCUT2D eigenvalue weighted by atomic mass is 9.99. The first kappa shape index (κ1) is 22.1. The zero-order valence-electron chi connectivity index (χ0n) is 14.0. The standard InChI is InChI=1S/C15H17Cl2N3O8/c16-5-1-2-6(8(17)4(5)3-7(21)20-15(18)19)27-14-11(24)9(22)10(23)12(28-14)13(25)26/h1-2,9-12,14,22-24H,3H2,(H,25,26)(H4,18,19,20,21)/t9-,10-,11+,12-,14+/m0/s1. The number of amides is 1. The van der Waals surface area contributed by atoms with Crippen LogP contribution in [0, 0.1) is 0 Å². The number of halogens is 2. The number of carbonyl (C=O) groups excluding carboxylic acids is 1. The number of hydrogen-bond donors (Lipinski definition) is 6. The maximum Gasteiger partial charge on any atom is 0.335 e. The van der Waals surface area contributed by atoms with Crippen LogP contribution in [0.5, 0.6) is 5.75 Å². The van der Waals surface area contributed by atoms with E-state index in [0.29, 0.717) is 0 Å². The smallest absolute Gasteiger partial charge is 0.335 e. The van der Waals surface area contributed by atoms with Crippen LogP contribution in [0.25, 0.3) is 0 Å². The number of carboxylic acid groups (broad SMARTS) is 1. The van der Waals surface area contributed by atoms with Gasteiger partial charge in [-0.2, -0.15) is 4.99 Å². The molecular weight excluding hydrogens is 421 g/mol. The van der Waals surface area contributed by atoms with Crippen molar-refractivity contribution in [2.75, 3.05) is 0 Å². The number of aliphatic hydroxyl groups excluding tert-OH is 3. The first-order valence-electron chi connectivity index (χ1n) is 7.71. The van der Waals surface area contributed by atoms with Gasteiger partial charge in [0.1, 0.15) is 24.1 Å². The lowest BCUT2D eigenvalue weighted by molar-refractivity contribution is -0.271. The molecule has 0 spiro atoms. The summed E-state index contributed by atoms with van der Waals surface area (Å²) in [5, 5.41) is 38.5. The summed E-state index contributed by atoms with van der Waals surface area (Å²) in [5.41, 5.74) is 10.4. The highest BCUT2D eigenvalue weighted by Gasteiger charge is 2.48. The van der Waals surface area contributed by atoms with Gasteiger partial charge in [0.15, 0.2) is 12.1 Å². The normalized spacial score (nSPS) is 27.1. The average molecular weight is 438 g/mol. The number of benzene rings is 1. The zero-order chi connectivity index (χ0) is 21.2. The van der Waals surface area contributed by atoms with E-state index in [1.165, 1.54) is 12.1 Å². The van der Waals surface area contributed by atoms with Crippen molar-refractivity contribution in [1.29, 1.82) is 0 Å². The van der Waals surface area contributed by atoms with Gasteiger partial charge in [0, 0.05) is 10.6 Å². The molecule has 2 rings (SSSR count). The maximum absolute atomic E-state index is 11.8. The van der Waals surface area contributed by atoms with Gasteiger partial charge in [0.05, 0.1) is 11.4 Å². The molecule has 8 N–H and O–H groups in total. The van der Waals surface area contributed by atoms with E-state index < -0.39 is 48.5 Å². The second kappa shape index (κ2) is 8.90. The van der Waals surface area contributed by atoms with Gasteiger partial charge in [0.2, 0.25) is 6.29 Å². The Morgan fingerprint density at radius 3 is 2.36 bits per heavy atom. The van der Waals surface area contributed by atoms with Crippen LogP contribution in [-0.4, -0.2) is 69.0 Å². The molecule has 1 saturated heterocycles. The first-order chi connectivity index (χ1) is 13.0. The summed E-state index contributed by atoms with van der Waals surface area (Å²) in [4.78, 5) is 26.3. The largest absolute Gasteiger partial charge is 0.479 e. The minimum absolute atomic E-state index is 0.0977. The van der Waals surface area contributed by atoms with Crippen LogP contribution in [0.3, 0.4) is 0 Å². The van der Waals surface area contributed by atoms with Crippen LogP contribution >= 0.6 is 23.2 Å². The van der Waals surface area contributed by atoms with E-state index in [0.717, 1.165) is 0 Å². The number of rotatable bonds is 5. The fraction of sp³-hybridized carbons (Fsp3) is 0.400. The molecule has 0 aromatic heterocycles. The molecule has 0 saturated carbocycles. The van der Waals surface area contributed by atoms with Gasteiger partial charge in [-0.05, 0) is 12.1 Å². The van der Waals surface area contributed by atoms with Crippen molar-refractivity contribution < 1.29 is 39.5 Å². The van der Waals surface area contributed by atoms with Crippen LogP contribution in [0.2, 0.25) is 10.0 Å². The molecule has 11 nitrogen and oxygen atoms in total. The Kier molecular flexibility index (Phi) is 7.04.